The van der Waals surface area contributed by atoms with Crippen molar-refractivity contribution in [2.75, 3.05) is 32.8 Å². The third-order valence-electron chi connectivity index (χ3n) is 5.95. The molecule has 2 saturated heterocycles. The third kappa shape index (κ3) is 4.83. The summed E-state index contributed by atoms with van der Waals surface area (Å²) >= 11 is 0. The second-order valence-electron chi connectivity index (χ2n) is 8.05. The van der Waals surface area contributed by atoms with E-state index in [0.717, 1.165) is 0 Å². The number of nitrogens with zero attached hydrogens (tertiary/aromatic N) is 2. The van der Waals surface area contributed by atoms with E-state index in [0.29, 0.717) is 57.6 Å². The molecule has 8 nitrogen and oxygen atoms in total. The summed E-state index contributed by atoms with van der Waals surface area (Å²) < 4.78 is 6.07. The number of nitrogens with one attached hydrogen (secondary N) is 2. The van der Waals surface area contributed by atoms with Crippen molar-refractivity contribution in [3.8, 4) is 0 Å². The van der Waals surface area contributed by atoms with Crippen LogP contribution < -0.4 is 10.6 Å². The highest BCUT2D eigenvalue weighted by atomic mass is 16.5. The molecule has 2 aliphatic rings. The van der Waals surface area contributed by atoms with E-state index in [4.69, 9.17) is 4.74 Å². The van der Waals surface area contributed by atoms with Crippen LogP contribution in [0.25, 0.3) is 0 Å². The van der Waals surface area contributed by atoms with Crippen molar-refractivity contribution < 1.29 is 19.4 Å². The summed E-state index contributed by atoms with van der Waals surface area (Å²) in [5, 5.41) is 17.0. The maximum Gasteiger partial charge on any atom is 0.253 e. The van der Waals surface area contributed by atoms with Crippen LogP contribution in [0, 0.1) is 0 Å². The number of likely N-dealkylation sites (tertiary alicyclic amines) is 1. The van der Waals surface area contributed by atoms with Crippen LogP contribution in [-0.2, 0) is 9.53 Å². The highest BCUT2D eigenvalue weighted by Crippen LogP contribution is 2.40. The lowest BCUT2D eigenvalue weighted by Crippen LogP contribution is -2.69. The Hall–Kier alpha value is -2.29. The van der Waals surface area contributed by atoms with Crippen molar-refractivity contribution in [1.82, 2.24) is 20.5 Å². The van der Waals surface area contributed by atoms with E-state index in [1.807, 2.05) is 6.92 Å². The van der Waals surface area contributed by atoms with E-state index >= 15 is 0 Å². The van der Waals surface area contributed by atoms with Gasteiger partial charge < -0.3 is 20.5 Å². The molecular weight excluding hydrogens is 372 g/mol. The molecule has 2 aliphatic heterocycles. The number of carbonyl (C=O) groups is 2. The van der Waals surface area contributed by atoms with Gasteiger partial charge in [-0.15, -0.1) is 6.58 Å². The minimum absolute atomic E-state index is 0.0421. The summed E-state index contributed by atoms with van der Waals surface area (Å²) in [5.74, 6) is -0.299. The van der Waals surface area contributed by atoms with Gasteiger partial charge in [-0.1, -0.05) is 6.08 Å². The zero-order chi connectivity index (χ0) is 20.9. The zero-order valence-corrected chi connectivity index (χ0v) is 16.9. The van der Waals surface area contributed by atoms with Crippen molar-refractivity contribution in [1.29, 1.82) is 0 Å². The Morgan fingerprint density at radius 2 is 2.17 bits per heavy atom. The van der Waals surface area contributed by atoms with E-state index in [1.54, 1.807) is 24.4 Å². The number of piperidine rings is 1. The van der Waals surface area contributed by atoms with Crippen LogP contribution in [-0.4, -0.2) is 76.8 Å². The Labute approximate surface area is 171 Å². The van der Waals surface area contributed by atoms with Gasteiger partial charge in [-0.2, -0.15) is 0 Å². The fourth-order valence-corrected chi connectivity index (χ4v) is 4.17. The molecule has 0 radical (unpaired) electrons. The van der Waals surface area contributed by atoms with Crippen LogP contribution in [0.15, 0.2) is 37.2 Å². The summed E-state index contributed by atoms with van der Waals surface area (Å²) in [7, 11) is 0. The Balaban J connectivity index is 1.62. The van der Waals surface area contributed by atoms with Gasteiger partial charge in [0.25, 0.3) is 5.91 Å². The van der Waals surface area contributed by atoms with Crippen molar-refractivity contribution in [3.05, 3.63) is 42.7 Å². The Morgan fingerprint density at radius 3 is 2.83 bits per heavy atom. The second-order valence-corrected chi connectivity index (χ2v) is 8.05. The summed E-state index contributed by atoms with van der Waals surface area (Å²) in [5.41, 5.74) is -1.06. The van der Waals surface area contributed by atoms with Crippen LogP contribution in [0.1, 0.15) is 36.5 Å². The predicted octanol–water partition coefficient (Wildman–Crippen LogP) is 0.488. The lowest BCUT2D eigenvalue weighted by molar-refractivity contribution is -0.205. The molecule has 0 saturated carbocycles. The molecule has 0 bridgehead atoms. The number of pyridine rings is 1. The van der Waals surface area contributed by atoms with E-state index in [1.165, 1.54) is 6.20 Å². The first-order chi connectivity index (χ1) is 13.9. The molecule has 1 aromatic rings. The van der Waals surface area contributed by atoms with Gasteiger partial charge in [0.15, 0.2) is 0 Å². The quantitative estimate of drug-likeness (QED) is 0.599. The molecule has 3 rings (SSSR count). The lowest BCUT2D eigenvalue weighted by atomic mass is 9.73. The van der Waals surface area contributed by atoms with Gasteiger partial charge in [-0.25, -0.2) is 0 Å². The summed E-state index contributed by atoms with van der Waals surface area (Å²) in [4.78, 5) is 30.6. The number of aromatic nitrogens is 1. The van der Waals surface area contributed by atoms with Gasteiger partial charge in [0.1, 0.15) is 6.10 Å². The van der Waals surface area contributed by atoms with Crippen molar-refractivity contribution in [3.63, 3.8) is 0 Å². The monoisotopic (exact) mass is 402 g/mol. The summed E-state index contributed by atoms with van der Waals surface area (Å²) in [6.45, 7) is 7.97. The van der Waals surface area contributed by atoms with Gasteiger partial charge in [0.2, 0.25) is 5.91 Å². The van der Waals surface area contributed by atoms with Crippen LogP contribution in [0.4, 0.5) is 0 Å². The topological polar surface area (TPSA) is 104 Å². The van der Waals surface area contributed by atoms with Crippen LogP contribution in [0.5, 0.6) is 0 Å². The third-order valence-corrected chi connectivity index (χ3v) is 5.95. The molecule has 29 heavy (non-hydrogen) atoms. The number of hydrogen-bond acceptors (Lipinski definition) is 6. The Kier molecular flexibility index (Phi) is 6.66. The largest absolute Gasteiger partial charge is 0.388 e. The molecule has 2 amide bonds. The number of hydrogen-bond donors (Lipinski definition) is 3. The van der Waals surface area contributed by atoms with E-state index in [9.17, 15) is 14.7 Å². The second kappa shape index (κ2) is 9.02. The average molecular weight is 402 g/mol. The molecular formula is C21H30N4O4. The maximum atomic E-state index is 12.6. The Bertz CT molecular complexity index is 733. The first kappa shape index (κ1) is 21.4. The van der Waals surface area contributed by atoms with E-state index in [-0.39, 0.29) is 11.8 Å². The molecule has 3 N–H and O–H groups in total. The van der Waals surface area contributed by atoms with Crippen molar-refractivity contribution in [2.45, 2.75) is 43.4 Å². The van der Waals surface area contributed by atoms with Crippen molar-refractivity contribution in [2.24, 2.45) is 0 Å². The highest BCUT2D eigenvalue weighted by Gasteiger charge is 2.53. The first-order valence-corrected chi connectivity index (χ1v) is 10.0. The van der Waals surface area contributed by atoms with Gasteiger partial charge in [0, 0.05) is 38.6 Å². The first-order valence-electron chi connectivity index (χ1n) is 10.0. The number of aliphatic hydroxyl groups excluding tert-OH is 1. The van der Waals surface area contributed by atoms with Gasteiger partial charge in [-0.3, -0.25) is 19.5 Å². The number of ether oxygens (including phenoxy) is 1. The molecule has 2 atom stereocenters. The van der Waals surface area contributed by atoms with E-state index in [2.05, 4.69) is 27.1 Å². The molecule has 8 heteroatoms. The van der Waals surface area contributed by atoms with Crippen LogP contribution in [0.2, 0.25) is 0 Å². The normalized spacial score (nSPS) is 26.6. The standard InChI is InChI=1S/C21H30N4O4/c1-3-9-23-17(26)15-25-11-6-21(7-12-25)19(28)20(2,8-13-29-21)24-18(27)16-5-4-10-22-14-16/h3-5,10,14,19,28H,1,6-9,11-13,15H2,2H3,(H,23,26)(H,24,27)/t19-,20+/m0/s1. The molecule has 1 spiro atoms. The fraction of sp³-hybridized carbons (Fsp3) is 0.571. The average Bonchev–Trinajstić information content (AvgIpc) is 2.73. The SMILES string of the molecule is C=CCNC(=O)CN1CCC2(CC1)OCC[C@@](C)(NC(=O)c1cccnc1)[C@@H]2O. The molecule has 3 heterocycles. The highest BCUT2D eigenvalue weighted by molar-refractivity contribution is 5.94. The maximum absolute atomic E-state index is 12.6. The molecule has 0 aliphatic carbocycles. The Morgan fingerprint density at radius 1 is 1.41 bits per heavy atom. The number of aliphatic hydroxyl groups is 1. The molecule has 0 unspecified atom stereocenters. The molecule has 158 valence electrons. The van der Waals surface area contributed by atoms with Gasteiger partial charge >= 0.3 is 0 Å². The molecule has 1 aromatic heterocycles. The fourth-order valence-electron chi connectivity index (χ4n) is 4.17. The minimum atomic E-state index is -0.846. The summed E-state index contributed by atoms with van der Waals surface area (Å²) in [6.07, 6.45) is 5.65. The zero-order valence-electron chi connectivity index (χ0n) is 16.9. The van der Waals surface area contributed by atoms with Gasteiger partial charge in [0.05, 0.1) is 23.2 Å². The predicted molar refractivity (Wildman–Crippen MR) is 108 cm³/mol. The van der Waals surface area contributed by atoms with Crippen molar-refractivity contribution >= 4 is 11.8 Å². The smallest absolute Gasteiger partial charge is 0.253 e. The summed E-state index contributed by atoms with van der Waals surface area (Å²) in [6, 6.07) is 3.41. The van der Waals surface area contributed by atoms with E-state index < -0.39 is 17.2 Å². The number of rotatable bonds is 6. The van der Waals surface area contributed by atoms with Crippen LogP contribution >= 0.6 is 0 Å². The molecule has 2 fully saturated rings. The number of carbonyl (C=O) groups excluding carboxylic acids is 2. The van der Waals surface area contributed by atoms with Gasteiger partial charge in [-0.05, 0) is 38.3 Å². The lowest BCUT2D eigenvalue weighted by Gasteiger charge is -2.53. The van der Waals surface area contributed by atoms with Crippen LogP contribution in [0.3, 0.4) is 0 Å². The molecule has 0 aromatic carbocycles. The minimum Gasteiger partial charge on any atom is -0.388 e. The number of amides is 2.